The minimum Gasteiger partial charge on any atom is -0.379 e. The molecule has 0 unspecified atom stereocenters. The van der Waals surface area contributed by atoms with Crippen LogP contribution in [0.2, 0.25) is 0 Å². The summed E-state index contributed by atoms with van der Waals surface area (Å²) in [6.07, 6.45) is 0. The Hall–Kier alpha value is -3.30. The van der Waals surface area contributed by atoms with Gasteiger partial charge in [0.25, 0.3) is 11.5 Å². The fraction of sp³-hybridized carbons (Fsp3) is 0.440. The number of aromatic nitrogens is 3. The van der Waals surface area contributed by atoms with Gasteiger partial charge in [0.15, 0.2) is 5.65 Å². The van der Waals surface area contributed by atoms with Gasteiger partial charge in [-0.25, -0.2) is 4.98 Å². The summed E-state index contributed by atoms with van der Waals surface area (Å²) >= 11 is 0. The number of benzene rings is 1. The van der Waals surface area contributed by atoms with Gasteiger partial charge in [-0.15, -0.1) is 0 Å². The van der Waals surface area contributed by atoms with E-state index in [-0.39, 0.29) is 11.5 Å². The van der Waals surface area contributed by atoms with Gasteiger partial charge < -0.3 is 15.4 Å². The second-order valence-electron chi connectivity index (χ2n) is 8.91. The topological polar surface area (TPSA) is 101 Å². The molecule has 2 aromatic heterocycles. The standard InChI is InChI=1S/C25H32N6O3/c1-17(2)16-27-24(33)19-4-6-20(7-5-19)31-22(32)9-8-21-18(3)28-25(29-23(21)31)26-10-11-30-12-14-34-15-13-30/h4-9,17H,10-16H2,1-3H3,(H,27,33)(H,26,28,29). The smallest absolute Gasteiger partial charge is 0.256 e. The van der Waals surface area contributed by atoms with Gasteiger partial charge in [-0.3, -0.25) is 19.1 Å². The second-order valence-corrected chi connectivity index (χ2v) is 8.91. The van der Waals surface area contributed by atoms with Crippen LogP contribution in [-0.2, 0) is 4.74 Å². The van der Waals surface area contributed by atoms with E-state index in [0.717, 1.165) is 43.9 Å². The molecule has 3 heterocycles. The maximum Gasteiger partial charge on any atom is 0.256 e. The van der Waals surface area contributed by atoms with Crippen LogP contribution in [0.15, 0.2) is 41.2 Å². The van der Waals surface area contributed by atoms with E-state index in [1.165, 1.54) is 6.07 Å². The van der Waals surface area contributed by atoms with Crippen molar-refractivity contribution in [3.05, 3.63) is 58.0 Å². The highest BCUT2D eigenvalue weighted by molar-refractivity contribution is 5.94. The maximum absolute atomic E-state index is 12.9. The van der Waals surface area contributed by atoms with Crippen molar-refractivity contribution in [3.63, 3.8) is 0 Å². The normalized spacial score (nSPS) is 14.5. The minimum absolute atomic E-state index is 0.129. The van der Waals surface area contributed by atoms with Crippen molar-refractivity contribution in [2.24, 2.45) is 5.92 Å². The average molecular weight is 465 g/mol. The number of rotatable bonds is 8. The summed E-state index contributed by atoms with van der Waals surface area (Å²) in [5.41, 5.74) is 2.33. The summed E-state index contributed by atoms with van der Waals surface area (Å²) in [7, 11) is 0. The van der Waals surface area contributed by atoms with E-state index in [0.29, 0.717) is 41.9 Å². The van der Waals surface area contributed by atoms with Crippen LogP contribution in [-0.4, -0.2) is 71.3 Å². The van der Waals surface area contributed by atoms with Crippen molar-refractivity contribution in [3.8, 4) is 5.69 Å². The molecule has 2 N–H and O–H groups in total. The average Bonchev–Trinajstić information content (AvgIpc) is 2.83. The van der Waals surface area contributed by atoms with Crippen molar-refractivity contribution < 1.29 is 9.53 Å². The highest BCUT2D eigenvalue weighted by Crippen LogP contribution is 2.19. The van der Waals surface area contributed by atoms with Gasteiger partial charge in [-0.05, 0) is 43.2 Å². The number of ether oxygens (including phenoxy) is 1. The van der Waals surface area contributed by atoms with Crippen LogP contribution in [0, 0.1) is 12.8 Å². The van der Waals surface area contributed by atoms with Crippen LogP contribution in [0.1, 0.15) is 29.9 Å². The summed E-state index contributed by atoms with van der Waals surface area (Å²) in [6, 6.07) is 10.3. The summed E-state index contributed by atoms with van der Waals surface area (Å²) in [5, 5.41) is 7.01. The number of carbonyl (C=O) groups is 1. The molecule has 0 bridgehead atoms. The third-order valence-corrected chi connectivity index (χ3v) is 5.81. The zero-order valence-corrected chi connectivity index (χ0v) is 20.0. The molecule has 180 valence electrons. The molecule has 1 saturated heterocycles. The quantitative estimate of drug-likeness (QED) is 0.527. The number of carbonyl (C=O) groups excluding carboxylic acids is 1. The Morgan fingerprint density at radius 1 is 1.09 bits per heavy atom. The largest absolute Gasteiger partial charge is 0.379 e. The van der Waals surface area contributed by atoms with Crippen molar-refractivity contribution in [1.29, 1.82) is 0 Å². The lowest BCUT2D eigenvalue weighted by Gasteiger charge is -2.26. The van der Waals surface area contributed by atoms with Crippen LogP contribution in [0.3, 0.4) is 0 Å². The Morgan fingerprint density at radius 2 is 1.82 bits per heavy atom. The zero-order valence-electron chi connectivity index (χ0n) is 20.0. The molecule has 34 heavy (non-hydrogen) atoms. The number of anilines is 1. The first-order valence-corrected chi connectivity index (χ1v) is 11.8. The van der Waals surface area contributed by atoms with Crippen molar-refractivity contribution in [2.45, 2.75) is 20.8 Å². The van der Waals surface area contributed by atoms with Gasteiger partial charge in [-0.2, -0.15) is 4.98 Å². The van der Waals surface area contributed by atoms with Gasteiger partial charge in [0, 0.05) is 49.7 Å². The van der Waals surface area contributed by atoms with Gasteiger partial charge in [0.1, 0.15) is 0 Å². The first-order valence-electron chi connectivity index (χ1n) is 11.8. The van der Waals surface area contributed by atoms with Gasteiger partial charge in [0.05, 0.1) is 24.6 Å². The van der Waals surface area contributed by atoms with Crippen LogP contribution < -0.4 is 16.2 Å². The monoisotopic (exact) mass is 464 g/mol. The molecule has 0 radical (unpaired) electrons. The van der Waals surface area contributed by atoms with E-state index in [2.05, 4.69) is 25.5 Å². The highest BCUT2D eigenvalue weighted by atomic mass is 16.5. The zero-order chi connectivity index (χ0) is 24.1. The molecule has 1 aliphatic heterocycles. The van der Waals surface area contributed by atoms with E-state index in [1.807, 2.05) is 20.8 Å². The number of pyridine rings is 1. The van der Waals surface area contributed by atoms with Crippen LogP contribution in [0.5, 0.6) is 0 Å². The molecule has 4 rings (SSSR count). The molecule has 1 aliphatic rings. The van der Waals surface area contributed by atoms with Crippen molar-refractivity contribution in [1.82, 2.24) is 24.8 Å². The molecule has 0 aliphatic carbocycles. The third kappa shape index (κ3) is 5.60. The molecule has 0 atom stereocenters. The van der Waals surface area contributed by atoms with Crippen molar-refractivity contribution in [2.75, 3.05) is 51.3 Å². The Bertz CT molecular complexity index is 1200. The summed E-state index contributed by atoms with van der Waals surface area (Å²) in [6.45, 7) is 11.5. The lowest BCUT2D eigenvalue weighted by molar-refractivity contribution is 0.0398. The fourth-order valence-electron chi connectivity index (χ4n) is 3.91. The molecule has 3 aromatic rings. The SMILES string of the molecule is Cc1nc(NCCN2CCOCC2)nc2c1ccc(=O)n2-c1ccc(C(=O)NCC(C)C)cc1. The number of nitrogens with zero attached hydrogens (tertiary/aromatic N) is 4. The molecule has 0 saturated carbocycles. The maximum atomic E-state index is 12.9. The number of nitrogens with one attached hydrogen (secondary N) is 2. The lowest BCUT2D eigenvalue weighted by atomic mass is 10.1. The number of morpholine rings is 1. The highest BCUT2D eigenvalue weighted by Gasteiger charge is 2.14. The Kier molecular flexibility index (Phi) is 7.54. The molecule has 1 fully saturated rings. The summed E-state index contributed by atoms with van der Waals surface area (Å²) in [4.78, 5) is 36.8. The van der Waals surface area contributed by atoms with E-state index in [4.69, 9.17) is 4.74 Å². The number of fused-ring (bicyclic) bond motifs is 1. The van der Waals surface area contributed by atoms with Crippen molar-refractivity contribution >= 4 is 22.9 Å². The molecule has 9 nitrogen and oxygen atoms in total. The summed E-state index contributed by atoms with van der Waals surface area (Å²) < 4.78 is 6.96. The number of hydrogen-bond acceptors (Lipinski definition) is 7. The fourth-order valence-corrected chi connectivity index (χ4v) is 3.91. The number of amides is 1. The Morgan fingerprint density at radius 3 is 2.53 bits per heavy atom. The van der Waals surface area contributed by atoms with E-state index >= 15 is 0 Å². The first-order chi connectivity index (χ1) is 16.4. The number of hydrogen-bond donors (Lipinski definition) is 2. The summed E-state index contributed by atoms with van der Waals surface area (Å²) in [5.74, 6) is 0.731. The predicted molar refractivity (Wildman–Crippen MR) is 133 cm³/mol. The van der Waals surface area contributed by atoms with Gasteiger partial charge in [0.2, 0.25) is 5.95 Å². The molecule has 1 aromatic carbocycles. The third-order valence-electron chi connectivity index (χ3n) is 5.81. The number of aryl methyl sites for hydroxylation is 1. The molecular weight excluding hydrogens is 432 g/mol. The second kappa shape index (κ2) is 10.8. The molecular formula is C25H32N6O3. The molecule has 9 heteroatoms. The molecule has 1 amide bonds. The van der Waals surface area contributed by atoms with Crippen LogP contribution >= 0.6 is 0 Å². The predicted octanol–water partition coefficient (Wildman–Crippen LogP) is 2.22. The van der Waals surface area contributed by atoms with Crippen LogP contribution in [0.4, 0.5) is 5.95 Å². The first kappa shape index (κ1) is 23.8. The van der Waals surface area contributed by atoms with E-state index in [9.17, 15) is 9.59 Å². The van der Waals surface area contributed by atoms with E-state index < -0.39 is 0 Å². The van der Waals surface area contributed by atoms with E-state index in [1.54, 1.807) is 34.9 Å². The van der Waals surface area contributed by atoms with Gasteiger partial charge in [-0.1, -0.05) is 13.8 Å². The minimum atomic E-state index is -0.193. The molecule has 0 spiro atoms. The van der Waals surface area contributed by atoms with Gasteiger partial charge >= 0.3 is 0 Å². The van der Waals surface area contributed by atoms with Crippen LogP contribution in [0.25, 0.3) is 16.7 Å². The Labute approximate surface area is 199 Å². The Balaban J connectivity index is 1.58. The lowest BCUT2D eigenvalue weighted by Crippen LogP contribution is -2.39.